The van der Waals surface area contributed by atoms with Gasteiger partial charge in [0, 0.05) is 5.56 Å². The van der Waals surface area contributed by atoms with Gasteiger partial charge < -0.3 is 4.42 Å². The highest BCUT2D eigenvalue weighted by Crippen LogP contribution is 2.21. The summed E-state index contributed by atoms with van der Waals surface area (Å²) in [6, 6.07) is 12.4. The lowest BCUT2D eigenvalue weighted by Crippen LogP contribution is -2.32. The van der Waals surface area contributed by atoms with Crippen molar-refractivity contribution in [2.45, 2.75) is 6.92 Å². The van der Waals surface area contributed by atoms with E-state index in [1.54, 1.807) is 0 Å². The quantitative estimate of drug-likeness (QED) is 0.596. The third-order valence-electron chi connectivity index (χ3n) is 3.07. The Morgan fingerprint density at radius 2 is 1.94 bits per heavy atom. The first-order valence-electron chi connectivity index (χ1n) is 5.55. The van der Waals surface area contributed by atoms with Crippen LogP contribution in [0.3, 0.4) is 0 Å². The zero-order valence-electron chi connectivity index (χ0n) is 9.84. The Hall–Kier alpha value is -2.16. The van der Waals surface area contributed by atoms with Gasteiger partial charge in [0.2, 0.25) is 5.58 Å². The molecule has 2 heterocycles. The van der Waals surface area contributed by atoms with Crippen molar-refractivity contribution in [1.82, 2.24) is 4.98 Å². The Bertz CT molecular complexity index is 686. The smallest absolute Gasteiger partial charge is 0.370 e. The predicted octanol–water partition coefficient (Wildman–Crippen LogP) is 2.63. The van der Waals surface area contributed by atoms with Crippen molar-refractivity contribution in [2.75, 3.05) is 0 Å². The van der Waals surface area contributed by atoms with Crippen LogP contribution in [-0.4, -0.2) is 4.98 Å². The van der Waals surface area contributed by atoms with E-state index < -0.39 is 0 Å². The molecule has 17 heavy (non-hydrogen) atoms. The molecule has 0 unspecified atom stereocenters. The average Bonchev–Trinajstić information content (AvgIpc) is 2.80. The van der Waals surface area contributed by atoms with Crippen LogP contribution in [0.1, 0.15) is 5.56 Å². The second-order valence-corrected chi connectivity index (χ2v) is 4.13. The van der Waals surface area contributed by atoms with Crippen molar-refractivity contribution in [1.29, 1.82) is 0 Å². The predicted molar refractivity (Wildman–Crippen MR) is 65.4 cm³/mol. The van der Waals surface area contributed by atoms with E-state index in [1.807, 2.05) is 19.2 Å². The van der Waals surface area contributed by atoms with Gasteiger partial charge in [0.1, 0.15) is 5.69 Å². The van der Waals surface area contributed by atoms with Crippen LogP contribution in [0.15, 0.2) is 47.2 Å². The van der Waals surface area contributed by atoms with Gasteiger partial charge in [0.05, 0.1) is 7.05 Å². The molecule has 2 aromatic heterocycles. The number of oxazole rings is 1. The third-order valence-corrected chi connectivity index (χ3v) is 3.07. The summed E-state index contributed by atoms with van der Waals surface area (Å²) in [5, 5.41) is 0. The first-order valence-corrected chi connectivity index (χ1v) is 5.55. The van der Waals surface area contributed by atoms with Crippen molar-refractivity contribution in [3.63, 3.8) is 0 Å². The third kappa shape index (κ3) is 1.51. The van der Waals surface area contributed by atoms with Crippen LogP contribution in [-0.2, 0) is 7.05 Å². The largest absolute Gasteiger partial charge is 0.417 e. The Balaban J connectivity index is 2.31. The lowest BCUT2D eigenvalue weighted by atomic mass is 10.1. The van der Waals surface area contributed by atoms with Crippen molar-refractivity contribution in [2.24, 2.45) is 7.05 Å². The van der Waals surface area contributed by atoms with Gasteiger partial charge in [-0.25, -0.2) is 4.57 Å². The molecule has 0 radical (unpaired) electrons. The normalized spacial score (nSPS) is 10.9. The van der Waals surface area contributed by atoms with Gasteiger partial charge in [0.15, 0.2) is 0 Å². The van der Waals surface area contributed by atoms with E-state index in [1.165, 1.54) is 17.5 Å². The molecule has 0 bridgehead atoms. The van der Waals surface area contributed by atoms with Crippen LogP contribution in [0.4, 0.5) is 0 Å². The summed E-state index contributed by atoms with van der Waals surface area (Å²) in [7, 11) is 2.01. The maximum absolute atomic E-state index is 5.29. The van der Waals surface area contributed by atoms with E-state index in [9.17, 15) is 0 Å². The van der Waals surface area contributed by atoms with Crippen molar-refractivity contribution in [3.05, 3.63) is 48.4 Å². The van der Waals surface area contributed by atoms with Gasteiger partial charge >= 0.3 is 5.65 Å². The summed E-state index contributed by atoms with van der Waals surface area (Å²) in [6.07, 6.45) is 1.48. The van der Waals surface area contributed by atoms with Crippen molar-refractivity contribution < 1.29 is 8.98 Å². The molecule has 1 aromatic carbocycles. The summed E-state index contributed by atoms with van der Waals surface area (Å²) in [5.74, 6) is 0. The fraction of sp³-hybridized carbons (Fsp3) is 0.143. The molecule has 0 spiro atoms. The highest BCUT2D eigenvalue weighted by atomic mass is 16.3. The van der Waals surface area contributed by atoms with E-state index in [2.05, 4.69) is 40.7 Å². The van der Waals surface area contributed by atoms with E-state index in [0.717, 1.165) is 16.9 Å². The zero-order valence-corrected chi connectivity index (χ0v) is 9.84. The maximum atomic E-state index is 5.29. The molecular formula is C14H13N2O+. The molecule has 0 N–H and O–H groups in total. The van der Waals surface area contributed by atoms with Crippen LogP contribution in [0.2, 0.25) is 0 Å². The Morgan fingerprint density at radius 1 is 1.12 bits per heavy atom. The van der Waals surface area contributed by atoms with Gasteiger partial charge in [-0.15, -0.1) is 0 Å². The van der Waals surface area contributed by atoms with E-state index in [0.29, 0.717) is 0 Å². The summed E-state index contributed by atoms with van der Waals surface area (Å²) in [5.41, 5.74) is 5.30. The Morgan fingerprint density at radius 3 is 2.76 bits per heavy atom. The van der Waals surface area contributed by atoms with Crippen LogP contribution >= 0.6 is 0 Å². The number of fused-ring (bicyclic) bond motifs is 1. The number of hydrogen-bond acceptors (Lipinski definition) is 2. The van der Waals surface area contributed by atoms with Crippen LogP contribution in [0.25, 0.3) is 22.5 Å². The molecule has 0 saturated carbocycles. The molecule has 0 amide bonds. The summed E-state index contributed by atoms with van der Waals surface area (Å²) >= 11 is 0. The number of rotatable bonds is 1. The molecule has 3 rings (SSSR count). The topological polar surface area (TPSA) is 29.9 Å². The Labute approximate surface area is 99.3 Å². The Kier molecular flexibility index (Phi) is 2.18. The average molecular weight is 225 g/mol. The highest BCUT2D eigenvalue weighted by molar-refractivity contribution is 5.69. The molecule has 0 atom stereocenters. The molecule has 0 fully saturated rings. The lowest BCUT2D eigenvalue weighted by molar-refractivity contribution is -0.635. The minimum absolute atomic E-state index is 0.810. The minimum Gasteiger partial charge on any atom is -0.417 e. The highest BCUT2D eigenvalue weighted by Gasteiger charge is 2.16. The second-order valence-electron chi connectivity index (χ2n) is 4.13. The van der Waals surface area contributed by atoms with E-state index in [4.69, 9.17) is 4.42 Å². The second kappa shape index (κ2) is 3.70. The van der Waals surface area contributed by atoms with Gasteiger partial charge in [0.25, 0.3) is 6.39 Å². The van der Waals surface area contributed by atoms with Crippen LogP contribution in [0.5, 0.6) is 0 Å². The van der Waals surface area contributed by atoms with Crippen LogP contribution < -0.4 is 4.57 Å². The van der Waals surface area contributed by atoms with E-state index in [-0.39, 0.29) is 0 Å². The first-order chi connectivity index (χ1) is 8.27. The van der Waals surface area contributed by atoms with Crippen LogP contribution in [0, 0.1) is 6.92 Å². The molecular weight excluding hydrogens is 212 g/mol. The SMILES string of the molecule is Cc1ccccc1-c1ccc2ocnc2[n+]1C. The standard InChI is InChI=1S/C14H13N2O/c1-10-5-3-4-6-11(10)12-7-8-13-14(16(12)2)15-9-17-13/h3-9H,1-2H3/q+1. The lowest BCUT2D eigenvalue weighted by Gasteiger charge is -2.05. The molecule has 0 aliphatic carbocycles. The maximum Gasteiger partial charge on any atom is 0.370 e. The molecule has 0 saturated heterocycles. The fourth-order valence-electron chi connectivity index (χ4n) is 2.13. The first kappa shape index (κ1) is 10.0. The summed E-state index contributed by atoms with van der Waals surface area (Å²) < 4.78 is 7.34. The number of nitrogens with zero attached hydrogens (tertiary/aromatic N) is 2. The molecule has 3 nitrogen and oxygen atoms in total. The molecule has 0 aliphatic rings. The monoisotopic (exact) mass is 225 g/mol. The molecule has 84 valence electrons. The van der Waals surface area contributed by atoms with Gasteiger partial charge in [-0.3, -0.25) is 0 Å². The molecule has 3 heteroatoms. The number of pyridine rings is 1. The summed E-state index contributed by atoms with van der Waals surface area (Å²) in [4.78, 5) is 4.23. The fourth-order valence-corrected chi connectivity index (χ4v) is 2.13. The van der Waals surface area contributed by atoms with Crippen molar-refractivity contribution >= 4 is 11.2 Å². The van der Waals surface area contributed by atoms with E-state index >= 15 is 0 Å². The minimum atomic E-state index is 0.810. The molecule has 0 aliphatic heterocycles. The van der Waals surface area contributed by atoms with Gasteiger partial charge in [-0.2, -0.15) is 0 Å². The molecule has 3 aromatic rings. The number of aryl methyl sites for hydroxylation is 2. The van der Waals surface area contributed by atoms with Gasteiger partial charge in [-0.1, -0.05) is 24.3 Å². The number of hydrogen-bond donors (Lipinski definition) is 0. The van der Waals surface area contributed by atoms with Crippen molar-refractivity contribution in [3.8, 4) is 11.3 Å². The zero-order chi connectivity index (χ0) is 11.8. The van der Waals surface area contributed by atoms with Gasteiger partial charge in [-0.05, 0) is 29.6 Å². The number of benzene rings is 1. The summed E-state index contributed by atoms with van der Waals surface area (Å²) in [6.45, 7) is 2.11. The number of aromatic nitrogens is 2.